The maximum Gasteiger partial charge on any atom is 0.338 e. The Morgan fingerprint density at radius 3 is 2.55 bits per heavy atom. The van der Waals surface area contributed by atoms with Crippen LogP contribution in [0.3, 0.4) is 0 Å². The number of esters is 1. The first-order valence-electron chi connectivity index (χ1n) is 9.34. The fraction of sp³-hybridized carbons (Fsp3) is 0.238. The molecule has 3 rings (SSSR count). The van der Waals surface area contributed by atoms with Gasteiger partial charge in [0, 0.05) is 5.70 Å². The molecule has 2 N–H and O–H groups in total. The summed E-state index contributed by atoms with van der Waals surface area (Å²) in [5, 5.41) is 4.86. The van der Waals surface area contributed by atoms with Crippen LogP contribution < -0.4 is 10.6 Å². The molecule has 2 amide bonds. The van der Waals surface area contributed by atoms with Gasteiger partial charge in [-0.2, -0.15) is 0 Å². The van der Waals surface area contributed by atoms with E-state index in [4.69, 9.17) is 4.74 Å². The van der Waals surface area contributed by atoms with Crippen LogP contribution in [0.4, 0.5) is 13.6 Å². The summed E-state index contributed by atoms with van der Waals surface area (Å²) in [5.41, 5.74) is 0.0194. The molecule has 10 heteroatoms. The van der Waals surface area contributed by atoms with Crippen molar-refractivity contribution in [3.8, 4) is 0 Å². The zero-order valence-corrected chi connectivity index (χ0v) is 17.6. The van der Waals surface area contributed by atoms with Crippen molar-refractivity contribution in [1.82, 2.24) is 10.6 Å². The molecule has 7 nitrogen and oxygen atoms in total. The zero-order chi connectivity index (χ0) is 22.8. The smallest absolute Gasteiger partial charge is 0.338 e. The molecule has 0 saturated carbocycles. The normalized spacial score (nSPS) is 16.5. The lowest BCUT2D eigenvalue weighted by atomic mass is 9.95. The Bertz CT molecular complexity index is 1180. The average Bonchev–Trinajstić information content (AvgIpc) is 2.69. The van der Waals surface area contributed by atoms with Gasteiger partial charge in [-0.05, 0) is 55.3 Å². The number of aryl methyl sites for hydroxylation is 1. The van der Waals surface area contributed by atoms with Gasteiger partial charge in [-0.25, -0.2) is 26.8 Å². The van der Waals surface area contributed by atoms with E-state index in [1.807, 2.05) is 0 Å². The Hall–Kier alpha value is -3.27. The minimum atomic E-state index is -4.07. The number of hydrogen-bond acceptors (Lipinski definition) is 5. The Kier molecular flexibility index (Phi) is 6.40. The third-order valence-electron chi connectivity index (χ3n) is 4.65. The summed E-state index contributed by atoms with van der Waals surface area (Å²) in [6.07, 6.45) is 0. The largest absolute Gasteiger partial charge is 0.463 e. The summed E-state index contributed by atoms with van der Waals surface area (Å²) in [7, 11) is -4.07. The molecule has 31 heavy (non-hydrogen) atoms. The fourth-order valence-corrected chi connectivity index (χ4v) is 4.61. The number of ether oxygens (including phenoxy) is 1. The van der Waals surface area contributed by atoms with Crippen molar-refractivity contribution in [3.05, 3.63) is 76.5 Å². The van der Waals surface area contributed by atoms with Crippen LogP contribution in [0, 0.1) is 18.6 Å². The second kappa shape index (κ2) is 8.84. The highest BCUT2D eigenvalue weighted by molar-refractivity contribution is 7.91. The first kappa shape index (κ1) is 22.4. The van der Waals surface area contributed by atoms with Gasteiger partial charge < -0.3 is 15.4 Å². The predicted molar refractivity (Wildman–Crippen MR) is 108 cm³/mol. The standard InChI is InChI=1S/C21H20F2N2O5S/c1-3-30-20(26)18-17(11-31(28,29)15-7-8-16(23)12(2)9-15)24-21(27)25-19(18)13-5-4-6-14(22)10-13/h4-10,19H,3,11H2,1-2H3,(H2,24,25,27)/t19-/m0/s1. The van der Waals surface area contributed by atoms with Crippen LogP contribution in [-0.4, -0.2) is 32.8 Å². The molecule has 0 aliphatic carbocycles. The number of halogens is 2. The number of urea groups is 1. The quantitative estimate of drug-likeness (QED) is 0.521. The van der Waals surface area contributed by atoms with Gasteiger partial charge in [-0.3, -0.25) is 0 Å². The van der Waals surface area contributed by atoms with Crippen molar-refractivity contribution >= 4 is 21.8 Å². The Morgan fingerprint density at radius 1 is 1.16 bits per heavy atom. The van der Waals surface area contributed by atoms with Gasteiger partial charge in [0.2, 0.25) is 0 Å². The van der Waals surface area contributed by atoms with Gasteiger partial charge in [-0.15, -0.1) is 0 Å². The maximum atomic E-state index is 13.8. The van der Waals surface area contributed by atoms with Crippen LogP contribution in [0.5, 0.6) is 0 Å². The van der Waals surface area contributed by atoms with Gasteiger partial charge in [0.05, 0.1) is 28.9 Å². The predicted octanol–water partition coefficient (Wildman–Crippen LogP) is 2.92. The minimum absolute atomic E-state index is 0.00331. The number of rotatable bonds is 6. The summed E-state index contributed by atoms with van der Waals surface area (Å²) in [6, 6.07) is 6.64. The molecule has 0 fully saturated rings. The molecule has 164 valence electrons. The number of amides is 2. The SMILES string of the molecule is CCOC(=O)C1=C(CS(=O)(=O)c2ccc(F)c(C)c2)NC(=O)N[C@H]1c1cccc(F)c1. The van der Waals surface area contributed by atoms with Crippen LogP contribution >= 0.6 is 0 Å². The van der Waals surface area contributed by atoms with Crippen LogP contribution in [0.2, 0.25) is 0 Å². The van der Waals surface area contributed by atoms with Gasteiger partial charge in [0.1, 0.15) is 11.6 Å². The van der Waals surface area contributed by atoms with Gasteiger partial charge in [-0.1, -0.05) is 12.1 Å². The van der Waals surface area contributed by atoms with Crippen LogP contribution in [0.1, 0.15) is 24.1 Å². The molecule has 0 radical (unpaired) electrons. The van der Waals surface area contributed by atoms with Gasteiger partial charge >= 0.3 is 12.0 Å². The summed E-state index contributed by atoms with van der Waals surface area (Å²) in [4.78, 5) is 24.8. The molecule has 1 aliphatic rings. The van der Waals surface area contributed by atoms with E-state index in [1.165, 1.54) is 31.2 Å². The molecule has 0 unspecified atom stereocenters. The third-order valence-corrected chi connectivity index (χ3v) is 6.29. The van der Waals surface area contributed by atoms with Crippen molar-refractivity contribution in [3.63, 3.8) is 0 Å². The number of hydrogen-bond donors (Lipinski definition) is 2. The van der Waals surface area contributed by atoms with Crippen LogP contribution in [0.15, 0.2) is 58.6 Å². The number of nitrogens with one attached hydrogen (secondary N) is 2. The maximum absolute atomic E-state index is 13.8. The molecular formula is C21H20F2N2O5S. The van der Waals surface area contributed by atoms with E-state index in [2.05, 4.69) is 10.6 Å². The second-order valence-electron chi connectivity index (χ2n) is 6.87. The van der Waals surface area contributed by atoms with Crippen molar-refractivity contribution in [2.75, 3.05) is 12.4 Å². The lowest BCUT2D eigenvalue weighted by molar-refractivity contribution is -0.139. The van der Waals surface area contributed by atoms with Crippen LogP contribution in [-0.2, 0) is 19.4 Å². The first-order chi connectivity index (χ1) is 14.6. The molecule has 0 aromatic heterocycles. The molecule has 0 spiro atoms. The summed E-state index contributed by atoms with van der Waals surface area (Å²) in [6.45, 7) is 3.00. The highest BCUT2D eigenvalue weighted by Crippen LogP contribution is 2.30. The van der Waals surface area contributed by atoms with E-state index in [9.17, 15) is 26.8 Å². The monoisotopic (exact) mass is 450 g/mol. The molecule has 2 aromatic rings. The lowest BCUT2D eigenvalue weighted by Gasteiger charge is -2.29. The number of sulfone groups is 1. The van der Waals surface area contributed by atoms with Crippen molar-refractivity contribution in [2.45, 2.75) is 24.8 Å². The molecule has 1 aliphatic heterocycles. The topological polar surface area (TPSA) is 102 Å². The lowest BCUT2D eigenvalue weighted by Crippen LogP contribution is -2.47. The second-order valence-corrected chi connectivity index (χ2v) is 8.86. The molecule has 1 heterocycles. The third kappa shape index (κ3) is 4.91. The first-order valence-corrected chi connectivity index (χ1v) is 11.0. The fourth-order valence-electron chi connectivity index (χ4n) is 3.20. The Balaban J connectivity index is 2.11. The van der Waals surface area contributed by atoms with Crippen LogP contribution in [0.25, 0.3) is 0 Å². The van der Waals surface area contributed by atoms with Crippen molar-refractivity contribution in [1.29, 1.82) is 0 Å². The highest BCUT2D eigenvalue weighted by atomic mass is 32.2. The Labute approximate surface area is 178 Å². The van der Waals surface area contributed by atoms with E-state index >= 15 is 0 Å². The molecular weight excluding hydrogens is 430 g/mol. The van der Waals surface area contributed by atoms with Gasteiger partial charge in [0.15, 0.2) is 9.84 Å². The summed E-state index contributed by atoms with van der Waals surface area (Å²) in [5.74, 6) is -2.76. The van der Waals surface area contributed by atoms with E-state index in [-0.39, 0.29) is 33.9 Å². The van der Waals surface area contributed by atoms with E-state index in [1.54, 1.807) is 6.92 Å². The number of carbonyl (C=O) groups is 2. The summed E-state index contributed by atoms with van der Waals surface area (Å²) < 4.78 is 58.3. The number of carbonyl (C=O) groups excluding carboxylic acids is 2. The van der Waals surface area contributed by atoms with E-state index in [0.29, 0.717) is 0 Å². The number of benzene rings is 2. The zero-order valence-electron chi connectivity index (χ0n) is 16.7. The molecule has 0 saturated heterocycles. The molecule has 2 aromatic carbocycles. The van der Waals surface area contributed by atoms with E-state index < -0.39 is 45.3 Å². The Morgan fingerprint density at radius 2 is 1.90 bits per heavy atom. The van der Waals surface area contributed by atoms with Gasteiger partial charge in [0.25, 0.3) is 0 Å². The molecule has 1 atom stereocenters. The average molecular weight is 450 g/mol. The molecule has 0 bridgehead atoms. The van der Waals surface area contributed by atoms with E-state index in [0.717, 1.165) is 18.2 Å². The summed E-state index contributed by atoms with van der Waals surface area (Å²) >= 11 is 0. The van der Waals surface area contributed by atoms with Crippen molar-refractivity contribution < 1.29 is 31.5 Å². The van der Waals surface area contributed by atoms with Crippen molar-refractivity contribution in [2.24, 2.45) is 0 Å². The highest BCUT2D eigenvalue weighted by Gasteiger charge is 2.36. The minimum Gasteiger partial charge on any atom is -0.463 e.